The van der Waals surface area contributed by atoms with Gasteiger partial charge in [0.05, 0.1) is 6.10 Å². The standard InChI is InChI=1S/C25H36O2/c1-4-5-19-6-8-20(9-7-19)21-10-12-22(13-11-21)23-14-16-24(17-15-23)25(26)27-18(2)3/h10-13,16,18-20,23H,4-9,14-15,17H2,1-3H3. The molecular weight excluding hydrogens is 332 g/mol. The van der Waals surface area contributed by atoms with Gasteiger partial charge >= 0.3 is 5.97 Å². The number of benzene rings is 1. The molecule has 0 N–H and O–H groups in total. The maximum Gasteiger partial charge on any atom is 0.333 e. The first-order valence-electron chi connectivity index (χ1n) is 11.1. The van der Waals surface area contributed by atoms with Crippen molar-refractivity contribution in [1.82, 2.24) is 0 Å². The minimum atomic E-state index is -0.127. The number of carbonyl (C=O) groups is 1. The Morgan fingerprint density at radius 1 is 1.00 bits per heavy atom. The number of esters is 1. The van der Waals surface area contributed by atoms with Crippen molar-refractivity contribution >= 4 is 5.97 Å². The molecule has 1 atom stereocenters. The van der Waals surface area contributed by atoms with E-state index in [9.17, 15) is 4.79 Å². The zero-order valence-corrected chi connectivity index (χ0v) is 17.4. The molecule has 2 aliphatic rings. The molecule has 1 aromatic carbocycles. The predicted molar refractivity (Wildman–Crippen MR) is 112 cm³/mol. The molecule has 0 aliphatic heterocycles. The molecule has 148 valence electrons. The van der Waals surface area contributed by atoms with Crippen LogP contribution in [0.15, 0.2) is 35.9 Å². The molecule has 0 radical (unpaired) electrons. The molecule has 0 heterocycles. The van der Waals surface area contributed by atoms with Crippen LogP contribution in [0.3, 0.4) is 0 Å². The Labute approximate surface area is 165 Å². The van der Waals surface area contributed by atoms with E-state index in [0.29, 0.717) is 5.92 Å². The van der Waals surface area contributed by atoms with Gasteiger partial charge in [-0.1, -0.05) is 50.1 Å². The van der Waals surface area contributed by atoms with Crippen LogP contribution in [0.4, 0.5) is 0 Å². The van der Waals surface area contributed by atoms with Crippen molar-refractivity contribution in [2.24, 2.45) is 5.92 Å². The van der Waals surface area contributed by atoms with Gasteiger partial charge in [0.15, 0.2) is 0 Å². The van der Waals surface area contributed by atoms with E-state index in [1.54, 1.807) is 0 Å². The van der Waals surface area contributed by atoms with Crippen LogP contribution in [0.5, 0.6) is 0 Å². The summed E-state index contributed by atoms with van der Waals surface area (Å²) in [6.07, 6.45) is 13.2. The van der Waals surface area contributed by atoms with Gasteiger partial charge in [-0.3, -0.25) is 0 Å². The van der Waals surface area contributed by atoms with Crippen molar-refractivity contribution in [2.45, 2.75) is 96.5 Å². The fourth-order valence-electron chi connectivity index (χ4n) is 4.85. The first-order chi connectivity index (χ1) is 13.1. The zero-order chi connectivity index (χ0) is 19.2. The van der Waals surface area contributed by atoms with Gasteiger partial charge in [0.1, 0.15) is 0 Å². The number of carbonyl (C=O) groups excluding carboxylic acids is 1. The lowest BCUT2D eigenvalue weighted by atomic mass is 9.76. The fraction of sp³-hybridized carbons (Fsp3) is 0.640. The number of hydrogen-bond donors (Lipinski definition) is 0. The summed E-state index contributed by atoms with van der Waals surface area (Å²) >= 11 is 0. The SMILES string of the molecule is CCCC1CCC(c2ccc(C3CC=C(C(=O)OC(C)C)CC3)cc2)CC1. The summed E-state index contributed by atoms with van der Waals surface area (Å²) in [6, 6.07) is 9.41. The molecule has 2 aliphatic carbocycles. The van der Waals surface area contributed by atoms with Crippen LogP contribution in [0.1, 0.15) is 102 Å². The third-order valence-corrected chi connectivity index (χ3v) is 6.44. The Hall–Kier alpha value is -1.57. The van der Waals surface area contributed by atoms with Gasteiger partial charge in [-0.15, -0.1) is 0 Å². The molecule has 1 unspecified atom stereocenters. The highest BCUT2D eigenvalue weighted by molar-refractivity contribution is 5.88. The van der Waals surface area contributed by atoms with E-state index in [1.165, 1.54) is 49.7 Å². The number of hydrogen-bond acceptors (Lipinski definition) is 2. The monoisotopic (exact) mass is 368 g/mol. The normalized spacial score (nSPS) is 25.9. The molecule has 3 rings (SSSR count). The van der Waals surface area contributed by atoms with Crippen molar-refractivity contribution in [3.63, 3.8) is 0 Å². The van der Waals surface area contributed by atoms with Crippen LogP contribution in [0, 0.1) is 5.92 Å². The minimum absolute atomic E-state index is 0.0410. The van der Waals surface area contributed by atoms with Crippen LogP contribution in [0.25, 0.3) is 0 Å². The minimum Gasteiger partial charge on any atom is -0.460 e. The number of rotatable bonds is 6. The van der Waals surface area contributed by atoms with Gasteiger partial charge in [0, 0.05) is 5.57 Å². The Kier molecular flexibility index (Phi) is 7.15. The Morgan fingerprint density at radius 2 is 1.63 bits per heavy atom. The number of ether oxygens (including phenoxy) is 1. The summed E-state index contributed by atoms with van der Waals surface area (Å²) < 4.78 is 5.33. The molecule has 0 saturated heterocycles. The van der Waals surface area contributed by atoms with Crippen LogP contribution in [-0.2, 0) is 9.53 Å². The van der Waals surface area contributed by atoms with Gasteiger partial charge < -0.3 is 4.74 Å². The van der Waals surface area contributed by atoms with Crippen molar-refractivity contribution in [3.05, 3.63) is 47.0 Å². The van der Waals surface area contributed by atoms with Crippen molar-refractivity contribution in [2.75, 3.05) is 0 Å². The molecular formula is C25H36O2. The highest BCUT2D eigenvalue weighted by Gasteiger charge is 2.24. The Balaban J connectivity index is 1.54. The predicted octanol–water partition coefficient (Wildman–Crippen LogP) is 6.91. The summed E-state index contributed by atoms with van der Waals surface area (Å²) in [6.45, 7) is 6.12. The second kappa shape index (κ2) is 9.57. The molecule has 1 saturated carbocycles. The van der Waals surface area contributed by atoms with Crippen molar-refractivity contribution in [3.8, 4) is 0 Å². The highest BCUT2D eigenvalue weighted by Crippen LogP contribution is 2.38. The number of allylic oxidation sites excluding steroid dienone is 1. The summed E-state index contributed by atoms with van der Waals surface area (Å²) in [4.78, 5) is 12.0. The van der Waals surface area contributed by atoms with Crippen LogP contribution in [0.2, 0.25) is 0 Å². The third-order valence-electron chi connectivity index (χ3n) is 6.44. The van der Waals surface area contributed by atoms with E-state index in [2.05, 4.69) is 37.3 Å². The first kappa shape index (κ1) is 20.2. The first-order valence-corrected chi connectivity index (χ1v) is 11.1. The summed E-state index contributed by atoms with van der Waals surface area (Å²) in [5, 5.41) is 0. The lowest BCUT2D eigenvalue weighted by Crippen LogP contribution is -2.17. The topological polar surface area (TPSA) is 26.3 Å². The molecule has 2 nitrogen and oxygen atoms in total. The molecule has 0 amide bonds. The second-order valence-electron chi connectivity index (χ2n) is 8.83. The van der Waals surface area contributed by atoms with Gasteiger partial charge in [-0.25, -0.2) is 4.79 Å². The van der Waals surface area contributed by atoms with E-state index in [4.69, 9.17) is 4.74 Å². The maximum atomic E-state index is 12.0. The lowest BCUT2D eigenvalue weighted by molar-refractivity contribution is -0.142. The molecule has 0 aromatic heterocycles. The maximum absolute atomic E-state index is 12.0. The summed E-state index contributed by atoms with van der Waals surface area (Å²) in [5.41, 5.74) is 3.81. The van der Waals surface area contributed by atoms with Gasteiger partial charge in [0.25, 0.3) is 0 Å². The second-order valence-corrected chi connectivity index (χ2v) is 8.83. The highest BCUT2D eigenvalue weighted by atomic mass is 16.5. The van der Waals surface area contributed by atoms with Crippen LogP contribution >= 0.6 is 0 Å². The van der Waals surface area contributed by atoms with Gasteiger partial charge in [-0.2, -0.15) is 0 Å². The van der Waals surface area contributed by atoms with Crippen molar-refractivity contribution in [1.29, 1.82) is 0 Å². The molecule has 2 heteroatoms. The van der Waals surface area contributed by atoms with E-state index < -0.39 is 0 Å². The summed E-state index contributed by atoms with van der Waals surface area (Å²) in [7, 11) is 0. The van der Waals surface area contributed by atoms with Crippen LogP contribution in [-0.4, -0.2) is 12.1 Å². The summed E-state index contributed by atoms with van der Waals surface area (Å²) in [5.74, 6) is 2.14. The fourth-order valence-corrected chi connectivity index (χ4v) is 4.85. The van der Waals surface area contributed by atoms with Crippen LogP contribution < -0.4 is 0 Å². The molecule has 0 bridgehead atoms. The molecule has 1 fully saturated rings. The average molecular weight is 369 g/mol. The Bertz CT molecular complexity index is 633. The molecule has 0 spiro atoms. The molecule has 1 aromatic rings. The average Bonchev–Trinajstić information content (AvgIpc) is 2.69. The third kappa shape index (κ3) is 5.46. The van der Waals surface area contributed by atoms with E-state index in [1.807, 2.05) is 13.8 Å². The largest absolute Gasteiger partial charge is 0.460 e. The smallest absolute Gasteiger partial charge is 0.333 e. The van der Waals surface area contributed by atoms with E-state index in [-0.39, 0.29) is 12.1 Å². The van der Waals surface area contributed by atoms with E-state index >= 15 is 0 Å². The van der Waals surface area contributed by atoms with Gasteiger partial charge in [-0.05, 0) is 87.7 Å². The van der Waals surface area contributed by atoms with Gasteiger partial charge in [0.2, 0.25) is 0 Å². The lowest BCUT2D eigenvalue weighted by Gasteiger charge is -2.29. The quantitative estimate of drug-likeness (QED) is 0.510. The Morgan fingerprint density at radius 3 is 2.15 bits per heavy atom. The van der Waals surface area contributed by atoms with Crippen molar-refractivity contribution < 1.29 is 9.53 Å². The molecule has 27 heavy (non-hydrogen) atoms. The van der Waals surface area contributed by atoms with E-state index in [0.717, 1.165) is 36.7 Å². The zero-order valence-electron chi connectivity index (χ0n) is 17.4.